The first kappa shape index (κ1) is 6.21. The van der Waals surface area contributed by atoms with Crippen molar-refractivity contribution in [1.82, 2.24) is 5.31 Å². The van der Waals surface area contributed by atoms with Gasteiger partial charge in [-0.3, -0.25) is 14.8 Å². The summed E-state index contributed by atoms with van der Waals surface area (Å²) in [6.45, 7) is -7.70. The molecule has 0 aliphatic carbocycles. The number of fused-ring (bicyclic) bond motifs is 1. The van der Waals surface area contributed by atoms with Gasteiger partial charge in [-0.25, -0.2) is 8.42 Å². The van der Waals surface area contributed by atoms with E-state index < -0.39 is 127 Å². The Morgan fingerprint density at radius 1 is 1.35 bits per heavy atom. The minimum atomic E-state index is -5.88. The molecule has 0 spiro atoms. The average Bonchev–Trinajstić information content (AvgIpc) is 2.89. The van der Waals surface area contributed by atoms with Crippen LogP contribution in [-0.2, 0) is 22.8 Å². The molecule has 1 heterocycles. The smallest absolute Gasteiger partial charge is 0.269 e. The molecule has 138 valence electrons. The second kappa shape index (κ2) is 7.30. The van der Waals surface area contributed by atoms with Crippen molar-refractivity contribution in [2.45, 2.75) is 17.6 Å². The Kier molecular flexibility index (Phi) is 1.74. The van der Waals surface area contributed by atoms with E-state index in [0.717, 1.165) is 0 Å². The normalized spacial score (nSPS) is 32.8. The van der Waals surface area contributed by atoms with E-state index in [4.69, 9.17) is 29.5 Å². The monoisotopic (exact) mass is 395 g/mol. The van der Waals surface area contributed by atoms with Gasteiger partial charge >= 0.3 is 0 Å². The number of methoxy groups -OCH3 is 1. The maximum absolute atomic E-state index is 13.6. The van der Waals surface area contributed by atoms with Crippen molar-refractivity contribution in [2.75, 3.05) is 24.8 Å². The molecule has 1 aliphatic heterocycles. The van der Waals surface area contributed by atoms with E-state index >= 15 is 0 Å². The number of hydrogen-bond donors (Lipinski definition) is 2. The number of ether oxygens (including phenoxy) is 1. The number of nitrogens with zero attached hydrogens (tertiary/aromatic N) is 1. The summed E-state index contributed by atoms with van der Waals surface area (Å²) >= 11 is 0. The molecular formula is C17H19N3O5S. The highest BCUT2D eigenvalue weighted by Gasteiger charge is 2.20. The molecule has 0 bridgehead atoms. The number of benzene rings is 2. The lowest BCUT2D eigenvalue weighted by Gasteiger charge is -2.15. The minimum Gasteiger partial charge on any atom is -0.495 e. The molecule has 0 atom stereocenters. The van der Waals surface area contributed by atoms with Gasteiger partial charge in [0.15, 0.2) is 1.41 Å². The van der Waals surface area contributed by atoms with Gasteiger partial charge in [-0.15, -0.1) is 0 Å². The van der Waals surface area contributed by atoms with Crippen LogP contribution in [0.4, 0.5) is 11.4 Å². The summed E-state index contributed by atoms with van der Waals surface area (Å²) in [6, 6.07) is -9.39. The number of nitro groups is 1. The molecule has 0 unspecified atom stereocenters. The number of nitrogens with one attached hydrogen (secondary N) is 2. The predicted molar refractivity (Wildman–Crippen MR) is 97.2 cm³/mol. The van der Waals surface area contributed by atoms with Crippen molar-refractivity contribution in [2.24, 2.45) is 0 Å². The zero-order valence-electron chi connectivity index (χ0n) is 30.4. The Morgan fingerprint density at radius 3 is 2.62 bits per heavy atom. The van der Waals surface area contributed by atoms with Gasteiger partial charge in [0.25, 0.3) is 15.7 Å². The largest absolute Gasteiger partial charge is 0.495 e. The molecule has 0 aromatic heterocycles. The van der Waals surface area contributed by atoms with Gasteiger partial charge in [0.2, 0.25) is 0 Å². The zero-order valence-corrected chi connectivity index (χ0v) is 13.2. The Morgan fingerprint density at radius 2 is 2.00 bits per heavy atom. The molecule has 0 saturated carbocycles. The average molecular weight is 396 g/mol. The summed E-state index contributed by atoms with van der Waals surface area (Å²) in [7, 11) is -8.43. The van der Waals surface area contributed by atoms with Gasteiger partial charge in [-0.1, -0.05) is 0 Å². The Hall–Kier alpha value is -2.65. The molecule has 3 rings (SSSR count). The van der Waals surface area contributed by atoms with Crippen LogP contribution in [0.1, 0.15) is 33.1 Å². The van der Waals surface area contributed by atoms with Crippen LogP contribution < -0.4 is 14.8 Å². The van der Waals surface area contributed by atoms with E-state index in [1.54, 1.807) is 0 Å². The van der Waals surface area contributed by atoms with Crippen LogP contribution in [0.25, 0.3) is 0 Å². The first-order valence-corrected chi connectivity index (χ1v) is 7.86. The third-order valence-corrected chi connectivity index (χ3v) is 3.92. The molecule has 0 amide bonds. The maximum Gasteiger partial charge on any atom is 0.269 e. The van der Waals surface area contributed by atoms with Gasteiger partial charge in [-0.05, 0) is 61.0 Å². The van der Waals surface area contributed by atoms with Crippen molar-refractivity contribution in [3.05, 3.63) is 57.5 Å². The summed E-state index contributed by atoms with van der Waals surface area (Å²) in [5.41, 5.74) is -6.16. The van der Waals surface area contributed by atoms with E-state index in [1.807, 2.05) is 0 Å². The zero-order chi connectivity index (χ0) is 34.4. The predicted octanol–water partition coefficient (Wildman–Crippen LogP) is 2.09. The second-order valence-electron chi connectivity index (χ2n) is 4.38. The van der Waals surface area contributed by atoms with E-state index in [2.05, 4.69) is 0 Å². The Labute approximate surface area is 176 Å². The van der Waals surface area contributed by atoms with Crippen LogP contribution in [0.2, 0.25) is 2.82 Å². The molecule has 1 aliphatic rings. The summed E-state index contributed by atoms with van der Waals surface area (Å²) in [4.78, 5) is 8.21. The second-order valence-corrected chi connectivity index (χ2v) is 5.92. The minimum absolute atomic E-state index is 0.743. The quantitative estimate of drug-likeness (QED) is 0.592. The van der Waals surface area contributed by atoms with E-state index in [1.165, 1.54) is 0 Å². The molecule has 0 saturated heterocycles. The van der Waals surface area contributed by atoms with Gasteiger partial charge < -0.3 is 10.0 Å². The fraction of sp³-hybridized carbons (Fsp3) is 0.294. The lowest BCUT2D eigenvalue weighted by Crippen LogP contribution is -2.16. The third-order valence-electron chi connectivity index (χ3n) is 2.78. The number of rotatable bonds is 5. The summed E-state index contributed by atoms with van der Waals surface area (Å²) < 4.78 is 177. The van der Waals surface area contributed by atoms with Gasteiger partial charge in [-0.2, -0.15) is 0 Å². The summed E-state index contributed by atoms with van der Waals surface area (Å²) in [5.74, 6) is -1.51. The molecule has 0 fully saturated rings. The first-order chi connectivity index (χ1) is 19.6. The molecular weight excluding hydrogens is 358 g/mol. The molecule has 0 radical (unpaired) electrons. The lowest BCUT2D eigenvalue weighted by atomic mass is 10.0. The van der Waals surface area contributed by atoms with Crippen LogP contribution in [0.3, 0.4) is 0 Å². The maximum atomic E-state index is 13.6. The molecule has 2 N–H and O–H groups in total. The topological polar surface area (TPSA) is 111 Å². The van der Waals surface area contributed by atoms with Crippen LogP contribution >= 0.6 is 0 Å². The summed E-state index contributed by atoms with van der Waals surface area (Å²) in [6.07, 6.45) is -7.64. The molecule has 9 heteroatoms. The third kappa shape index (κ3) is 3.78. The fourth-order valence-corrected chi connectivity index (χ4v) is 2.51. The van der Waals surface area contributed by atoms with Crippen LogP contribution in [0, 0.1) is 10.1 Å². The van der Waals surface area contributed by atoms with Crippen LogP contribution in [-0.4, -0.2) is 33.4 Å². The Bertz CT molecular complexity index is 1660. The lowest BCUT2D eigenvalue weighted by molar-refractivity contribution is -0.384. The first-order valence-electron chi connectivity index (χ1n) is 15.5. The SMILES string of the molecule is [2H]c1c([2H])c(S(=O)(=O)N([2H])c2c([2H])c3c(c([2H])c2OC([2H])[2H])C([2H])([2H])C([2H])([2H])N([2H])C([2H])([2H])C3([2H])[2H])c([2H])c([2H])c1[N+](=O)[O-]. The van der Waals surface area contributed by atoms with Crippen LogP contribution in [0.5, 0.6) is 5.75 Å². The van der Waals surface area contributed by atoms with E-state index in [-0.39, 0.29) is 0 Å². The van der Waals surface area contributed by atoms with Crippen LogP contribution in [0.15, 0.2) is 41.1 Å². The molecule has 26 heavy (non-hydrogen) atoms. The van der Waals surface area contributed by atoms with Crippen molar-refractivity contribution >= 4 is 21.4 Å². The number of sulfonamides is 1. The standard InChI is InChI=1S/C17H19N3O5S/c1-25-17-11-13-7-9-18-8-6-12(13)10-16(17)19-26(23,24)15-4-2-14(3-5-15)20(21)22/h2-5,10-11,18-19H,6-9H2,1H3/i1D2,2D,3D,4D,5D,6D2,7D2,8D2,9D2,10D,11D/hD2. The van der Waals surface area contributed by atoms with E-state index in [9.17, 15) is 18.5 Å². The fourth-order valence-electron chi connectivity index (χ4n) is 1.69. The highest BCUT2D eigenvalue weighted by atomic mass is 32.2. The number of nitro benzene ring substituents is 1. The summed E-state index contributed by atoms with van der Waals surface area (Å²) in [5, 5.41) is 10.5. The highest BCUT2D eigenvalue weighted by Crippen LogP contribution is 2.32. The van der Waals surface area contributed by atoms with Crippen molar-refractivity contribution in [3.63, 3.8) is 0 Å². The molecule has 8 nitrogen and oxygen atoms in total. The highest BCUT2D eigenvalue weighted by molar-refractivity contribution is 7.92. The Balaban J connectivity index is 2.60. The molecule has 2 aromatic carbocycles. The van der Waals surface area contributed by atoms with Gasteiger partial charge in [0.1, 0.15) is 7.16 Å². The molecule has 2 aromatic rings. The number of hydrogen-bond acceptors (Lipinski definition) is 6. The van der Waals surface area contributed by atoms with Crippen molar-refractivity contribution in [1.29, 1.82) is 0 Å². The van der Waals surface area contributed by atoms with Gasteiger partial charge in [0, 0.05) is 23.1 Å². The van der Waals surface area contributed by atoms with Crippen molar-refractivity contribution < 1.29 is 42.8 Å². The van der Waals surface area contributed by atoms with Gasteiger partial charge in [0.05, 0.1) is 33.5 Å². The van der Waals surface area contributed by atoms with E-state index in [0.29, 0.717) is 0 Å². The van der Waals surface area contributed by atoms with Crippen molar-refractivity contribution in [3.8, 4) is 5.75 Å². The number of anilines is 1.